The van der Waals surface area contributed by atoms with E-state index in [4.69, 9.17) is 23.2 Å². The van der Waals surface area contributed by atoms with Gasteiger partial charge in [0.25, 0.3) is 5.91 Å². The number of nitrogens with one attached hydrogen (secondary N) is 2. The van der Waals surface area contributed by atoms with E-state index in [0.29, 0.717) is 47.4 Å². The number of unbranched alkanes of at least 4 members (excludes halogenated alkanes) is 1. The number of carbonyl (C=O) groups is 3. The molecule has 2 N–H and O–H groups in total. The fourth-order valence-corrected chi connectivity index (χ4v) is 3.47. The second-order valence-corrected chi connectivity index (χ2v) is 7.87. The van der Waals surface area contributed by atoms with E-state index < -0.39 is 5.91 Å². The van der Waals surface area contributed by atoms with Crippen LogP contribution in [-0.4, -0.2) is 40.7 Å². The summed E-state index contributed by atoms with van der Waals surface area (Å²) in [6.45, 7) is 1.48. The predicted molar refractivity (Wildman–Crippen MR) is 117 cm³/mol. The smallest absolute Gasteiger partial charge is 0.258 e. The van der Waals surface area contributed by atoms with E-state index in [9.17, 15) is 14.4 Å². The Labute approximate surface area is 184 Å². The van der Waals surface area contributed by atoms with Crippen molar-refractivity contribution in [3.05, 3.63) is 52.1 Å². The highest BCUT2D eigenvalue weighted by atomic mass is 35.5. The number of nitrogens with zero attached hydrogens (tertiary/aromatic N) is 2. The van der Waals surface area contributed by atoms with Crippen LogP contribution in [0.4, 0.5) is 11.5 Å². The lowest BCUT2D eigenvalue weighted by Crippen LogP contribution is -2.25. The van der Waals surface area contributed by atoms with Crippen LogP contribution in [0.1, 0.15) is 42.5 Å². The lowest BCUT2D eigenvalue weighted by molar-refractivity contribution is -0.127. The Morgan fingerprint density at radius 3 is 2.57 bits per heavy atom. The molecule has 30 heavy (non-hydrogen) atoms. The molecule has 0 atom stereocenters. The molecule has 0 radical (unpaired) electrons. The number of halogens is 2. The summed E-state index contributed by atoms with van der Waals surface area (Å²) < 4.78 is 0. The van der Waals surface area contributed by atoms with Crippen molar-refractivity contribution in [3.63, 3.8) is 0 Å². The summed E-state index contributed by atoms with van der Waals surface area (Å²) >= 11 is 11.8. The molecule has 0 aliphatic carbocycles. The van der Waals surface area contributed by atoms with Gasteiger partial charge in [0.15, 0.2) is 0 Å². The molecule has 1 aromatic heterocycles. The average molecular weight is 449 g/mol. The maximum atomic E-state index is 12.7. The first-order valence-corrected chi connectivity index (χ1v) is 10.5. The van der Waals surface area contributed by atoms with Crippen molar-refractivity contribution in [2.45, 2.75) is 32.1 Å². The third-order valence-corrected chi connectivity index (χ3v) is 5.18. The van der Waals surface area contributed by atoms with Crippen LogP contribution in [0.15, 0.2) is 36.5 Å². The fraction of sp³-hybridized carbons (Fsp3) is 0.333. The molecule has 2 aromatic rings. The van der Waals surface area contributed by atoms with Crippen molar-refractivity contribution in [3.8, 4) is 0 Å². The lowest BCUT2D eigenvalue weighted by Gasteiger charge is -2.15. The molecule has 158 valence electrons. The maximum absolute atomic E-state index is 12.7. The molecule has 1 saturated heterocycles. The summed E-state index contributed by atoms with van der Waals surface area (Å²) in [5, 5.41) is 6.26. The Kier molecular flexibility index (Phi) is 7.65. The molecule has 2 heterocycles. The van der Waals surface area contributed by atoms with Crippen molar-refractivity contribution in [1.29, 1.82) is 0 Å². The first kappa shape index (κ1) is 22.1. The highest BCUT2D eigenvalue weighted by Crippen LogP contribution is 2.23. The van der Waals surface area contributed by atoms with Gasteiger partial charge in [-0.3, -0.25) is 14.4 Å². The van der Waals surface area contributed by atoms with E-state index in [1.54, 1.807) is 24.3 Å². The zero-order valence-electron chi connectivity index (χ0n) is 16.3. The van der Waals surface area contributed by atoms with Gasteiger partial charge in [0, 0.05) is 37.2 Å². The van der Waals surface area contributed by atoms with Crippen LogP contribution in [-0.2, 0) is 9.59 Å². The van der Waals surface area contributed by atoms with Crippen LogP contribution in [0.2, 0.25) is 10.0 Å². The predicted octanol–water partition coefficient (Wildman–Crippen LogP) is 4.37. The fourth-order valence-electron chi connectivity index (χ4n) is 3.19. The van der Waals surface area contributed by atoms with Gasteiger partial charge in [0.05, 0.1) is 16.3 Å². The molecule has 0 spiro atoms. The van der Waals surface area contributed by atoms with Crippen molar-refractivity contribution in [1.82, 2.24) is 9.88 Å². The van der Waals surface area contributed by atoms with E-state index in [1.165, 1.54) is 12.3 Å². The number of carbonyl (C=O) groups excluding carboxylic acids is 3. The number of aromatic nitrogens is 1. The van der Waals surface area contributed by atoms with Gasteiger partial charge in [0.1, 0.15) is 5.82 Å². The Morgan fingerprint density at radius 2 is 1.87 bits per heavy atom. The highest BCUT2D eigenvalue weighted by Gasteiger charge is 2.19. The maximum Gasteiger partial charge on any atom is 0.258 e. The third-order valence-electron chi connectivity index (χ3n) is 4.72. The van der Waals surface area contributed by atoms with E-state index in [0.717, 1.165) is 19.4 Å². The Morgan fingerprint density at radius 1 is 1.07 bits per heavy atom. The number of hydrogen-bond acceptors (Lipinski definition) is 4. The first-order chi connectivity index (χ1) is 14.4. The van der Waals surface area contributed by atoms with Crippen molar-refractivity contribution in [2.24, 2.45) is 0 Å². The van der Waals surface area contributed by atoms with Gasteiger partial charge >= 0.3 is 0 Å². The summed E-state index contributed by atoms with van der Waals surface area (Å²) in [6.07, 6.45) is 4.66. The number of rotatable bonds is 8. The minimum Gasteiger partial charge on any atom is -0.343 e. The van der Waals surface area contributed by atoms with Gasteiger partial charge in [0.2, 0.25) is 11.8 Å². The van der Waals surface area contributed by atoms with Crippen LogP contribution in [0.25, 0.3) is 0 Å². The molecule has 1 aromatic carbocycles. The van der Waals surface area contributed by atoms with Crippen molar-refractivity contribution >= 4 is 52.4 Å². The molecule has 0 saturated carbocycles. The van der Waals surface area contributed by atoms with Gasteiger partial charge in [-0.05, 0) is 49.6 Å². The van der Waals surface area contributed by atoms with Crippen molar-refractivity contribution in [2.75, 3.05) is 23.7 Å². The highest BCUT2D eigenvalue weighted by molar-refractivity contribution is 6.31. The molecule has 7 nitrogen and oxygen atoms in total. The normalized spacial score (nSPS) is 13.4. The number of benzene rings is 1. The number of amides is 3. The second-order valence-electron chi connectivity index (χ2n) is 7.00. The van der Waals surface area contributed by atoms with Crippen LogP contribution >= 0.6 is 23.2 Å². The van der Waals surface area contributed by atoms with E-state index >= 15 is 0 Å². The van der Waals surface area contributed by atoms with Gasteiger partial charge in [-0.2, -0.15) is 0 Å². The molecule has 3 amide bonds. The molecule has 0 unspecified atom stereocenters. The number of hydrogen-bond donors (Lipinski definition) is 2. The molecule has 1 fully saturated rings. The molecule has 1 aliphatic rings. The summed E-state index contributed by atoms with van der Waals surface area (Å²) in [5.74, 6) is -0.136. The van der Waals surface area contributed by atoms with Crippen LogP contribution < -0.4 is 10.6 Å². The summed E-state index contributed by atoms with van der Waals surface area (Å²) in [6, 6.07) is 7.87. The molecule has 0 bridgehead atoms. The Bertz CT molecular complexity index is 934. The Hall–Kier alpha value is -2.64. The zero-order chi connectivity index (χ0) is 21.5. The topological polar surface area (TPSA) is 91.4 Å². The largest absolute Gasteiger partial charge is 0.343 e. The van der Waals surface area contributed by atoms with Gasteiger partial charge in [-0.15, -0.1) is 0 Å². The lowest BCUT2D eigenvalue weighted by atomic mass is 10.1. The first-order valence-electron chi connectivity index (χ1n) is 9.72. The van der Waals surface area contributed by atoms with Crippen LogP contribution in [0.3, 0.4) is 0 Å². The van der Waals surface area contributed by atoms with E-state index in [1.807, 2.05) is 4.90 Å². The van der Waals surface area contributed by atoms with Crippen LogP contribution in [0, 0.1) is 0 Å². The molecule has 9 heteroatoms. The SMILES string of the molecule is O=C(CCCCN1CCCC1=O)Nc1ccc(Cl)cc1C(=O)Nc1ccc(Cl)cn1. The monoisotopic (exact) mass is 448 g/mol. The van der Waals surface area contributed by atoms with Gasteiger partial charge in [-0.1, -0.05) is 23.2 Å². The van der Waals surface area contributed by atoms with E-state index in [-0.39, 0.29) is 17.4 Å². The second kappa shape index (κ2) is 10.4. The zero-order valence-corrected chi connectivity index (χ0v) is 17.8. The number of pyridine rings is 1. The quantitative estimate of drug-likeness (QED) is 0.586. The molecular weight excluding hydrogens is 427 g/mol. The summed E-state index contributed by atoms with van der Waals surface area (Å²) in [4.78, 5) is 42.5. The van der Waals surface area contributed by atoms with Crippen LogP contribution in [0.5, 0.6) is 0 Å². The van der Waals surface area contributed by atoms with Gasteiger partial charge in [-0.25, -0.2) is 4.98 Å². The average Bonchev–Trinajstić information content (AvgIpc) is 3.13. The van der Waals surface area contributed by atoms with E-state index in [2.05, 4.69) is 15.6 Å². The third kappa shape index (κ3) is 6.18. The number of likely N-dealkylation sites (tertiary alicyclic amines) is 1. The Balaban J connectivity index is 1.56. The standard InChI is InChI=1S/C21H22Cl2N4O3/c22-14-6-8-17(16(12-14)21(30)26-18-9-7-15(23)13-24-18)25-19(28)4-1-2-10-27-11-3-5-20(27)29/h6-9,12-13H,1-5,10-11H2,(H,25,28)(H,24,26,30). The van der Waals surface area contributed by atoms with Crippen molar-refractivity contribution < 1.29 is 14.4 Å². The molecule has 1 aliphatic heterocycles. The minimum absolute atomic E-state index is 0.187. The summed E-state index contributed by atoms with van der Waals surface area (Å²) in [5.41, 5.74) is 0.598. The van der Waals surface area contributed by atoms with Gasteiger partial charge < -0.3 is 15.5 Å². The molecular formula is C21H22Cl2N4O3. The summed E-state index contributed by atoms with van der Waals surface area (Å²) in [7, 11) is 0. The number of anilines is 2. The molecule has 3 rings (SSSR count). The minimum atomic E-state index is -0.449.